The molecule has 0 radical (unpaired) electrons. The second kappa shape index (κ2) is 10.0. The highest BCUT2D eigenvalue weighted by Crippen LogP contribution is 2.21. The summed E-state index contributed by atoms with van der Waals surface area (Å²) in [5.41, 5.74) is 1.37. The molecule has 0 unspecified atom stereocenters. The van der Waals surface area contributed by atoms with Gasteiger partial charge in [0.15, 0.2) is 0 Å². The third-order valence-electron chi connectivity index (χ3n) is 4.60. The lowest BCUT2D eigenvalue weighted by Gasteiger charge is -2.35. The van der Waals surface area contributed by atoms with Crippen molar-refractivity contribution < 1.29 is 14.2 Å². The number of benzene rings is 1. The van der Waals surface area contributed by atoms with E-state index in [1.54, 1.807) is 0 Å². The number of morpholine rings is 1. The molecule has 0 aliphatic carbocycles. The molecule has 1 heterocycles. The first-order valence-corrected chi connectivity index (χ1v) is 9.26. The quantitative estimate of drug-likeness (QED) is 0.644. The second-order valence-electron chi connectivity index (χ2n) is 6.86. The molecule has 2 rings (SSSR count). The van der Waals surface area contributed by atoms with E-state index in [1.165, 1.54) is 5.56 Å². The Hall–Kier alpha value is -1.10. The summed E-state index contributed by atoms with van der Waals surface area (Å²) >= 11 is 0. The molecule has 1 aromatic rings. The summed E-state index contributed by atoms with van der Waals surface area (Å²) in [5.74, 6) is 1.52. The van der Waals surface area contributed by atoms with Crippen molar-refractivity contribution in [1.29, 1.82) is 0 Å². The fourth-order valence-electron chi connectivity index (χ4n) is 3.11. The summed E-state index contributed by atoms with van der Waals surface area (Å²) in [4.78, 5) is 2.41. The van der Waals surface area contributed by atoms with Gasteiger partial charge >= 0.3 is 0 Å². The van der Waals surface area contributed by atoms with Crippen LogP contribution in [0.2, 0.25) is 0 Å². The van der Waals surface area contributed by atoms with Crippen LogP contribution in [0.25, 0.3) is 0 Å². The van der Waals surface area contributed by atoms with Gasteiger partial charge in [-0.1, -0.05) is 26.0 Å². The number of ether oxygens (including phenoxy) is 3. The van der Waals surface area contributed by atoms with Crippen LogP contribution in [0, 0.1) is 0 Å². The summed E-state index contributed by atoms with van der Waals surface area (Å²) in [6.07, 6.45) is 1.79. The molecule has 0 bridgehead atoms. The first-order valence-electron chi connectivity index (χ1n) is 9.26. The molecule has 4 heteroatoms. The van der Waals surface area contributed by atoms with Crippen LogP contribution in [0.3, 0.4) is 0 Å². The Kier molecular flexibility index (Phi) is 8.03. The van der Waals surface area contributed by atoms with Gasteiger partial charge in [-0.15, -0.1) is 0 Å². The molecule has 1 aliphatic rings. The highest BCUT2D eigenvalue weighted by Gasteiger charge is 2.21. The summed E-state index contributed by atoms with van der Waals surface area (Å²) in [7, 11) is 0. The van der Waals surface area contributed by atoms with Crippen LogP contribution in [0.15, 0.2) is 24.3 Å². The smallest absolute Gasteiger partial charge is 0.119 e. The molecule has 4 nitrogen and oxygen atoms in total. The van der Waals surface area contributed by atoms with E-state index < -0.39 is 0 Å². The van der Waals surface area contributed by atoms with Crippen LogP contribution in [0.1, 0.15) is 45.6 Å². The third-order valence-corrected chi connectivity index (χ3v) is 4.60. The van der Waals surface area contributed by atoms with Crippen molar-refractivity contribution in [1.82, 2.24) is 4.90 Å². The molecule has 136 valence electrons. The SMILES string of the molecule is CC[C@@H](C)c1ccc(OCCOCCN2C[C@H](C)O[C@@H](C)C2)cc1. The van der Waals surface area contributed by atoms with Gasteiger partial charge in [-0.25, -0.2) is 0 Å². The number of hydrogen-bond donors (Lipinski definition) is 0. The minimum Gasteiger partial charge on any atom is -0.491 e. The Bertz CT molecular complexity index is 452. The van der Waals surface area contributed by atoms with Gasteiger partial charge in [0, 0.05) is 19.6 Å². The predicted octanol–water partition coefficient (Wildman–Crippen LogP) is 3.70. The summed E-state index contributed by atoms with van der Waals surface area (Å²) in [6.45, 7) is 13.6. The maximum atomic E-state index is 5.74. The Balaban J connectivity index is 1.56. The molecule has 24 heavy (non-hydrogen) atoms. The fraction of sp³-hybridized carbons (Fsp3) is 0.700. The summed E-state index contributed by atoms with van der Waals surface area (Å²) in [6, 6.07) is 8.42. The second-order valence-corrected chi connectivity index (χ2v) is 6.86. The van der Waals surface area contributed by atoms with Gasteiger partial charge in [0.2, 0.25) is 0 Å². The average Bonchev–Trinajstić information content (AvgIpc) is 2.57. The van der Waals surface area contributed by atoms with E-state index in [-0.39, 0.29) is 0 Å². The van der Waals surface area contributed by atoms with E-state index in [4.69, 9.17) is 14.2 Å². The van der Waals surface area contributed by atoms with Crippen molar-refractivity contribution in [2.24, 2.45) is 0 Å². The molecule has 0 aromatic heterocycles. The van der Waals surface area contributed by atoms with Crippen molar-refractivity contribution in [3.63, 3.8) is 0 Å². The van der Waals surface area contributed by atoms with Gasteiger partial charge in [0.1, 0.15) is 12.4 Å². The lowest BCUT2D eigenvalue weighted by Crippen LogP contribution is -2.46. The van der Waals surface area contributed by atoms with Gasteiger partial charge in [-0.3, -0.25) is 4.90 Å². The minimum absolute atomic E-state index is 0.315. The molecule has 1 fully saturated rings. The zero-order valence-corrected chi connectivity index (χ0v) is 15.7. The highest BCUT2D eigenvalue weighted by atomic mass is 16.5. The third kappa shape index (κ3) is 6.42. The van der Waals surface area contributed by atoms with Crippen molar-refractivity contribution >= 4 is 0 Å². The van der Waals surface area contributed by atoms with Gasteiger partial charge < -0.3 is 14.2 Å². The Morgan fingerprint density at radius 3 is 2.38 bits per heavy atom. The van der Waals surface area contributed by atoms with Crippen LogP contribution >= 0.6 is 0 Å². The van der Waals surface area contributed by atoms with Crippen LogP contribution in [-0.2, 0) is 9.47 Å². The van der Waals surface area contributed by atoms with Crippen LogP contribution < -0.4 is 4.74 Å². The molecule has 1 saturated heterocycles. The lowest BCUT2D eigenvalue weighted by atomic mass is 9.99. The van der Waals surface area contributed by atoms with E-state index in [0.717, 1.165) is 38.4 Å². The molecular weight excluding hydrogens is 302 g/mol. The lowest BCUT2D eigenvalue weighted by molar-refractivity contribution is -0.0734. The number of hydrogen-bond acceptors (Lipinski definition) is 4. The molecule has 0 amide bonds. The number of nitrogens with zero attached hydrogens (tertiary/aromatic N) is 1. The molecule has 1 aromatic carbocycles. The zero-order chi connectivity index (χ0) is 17.4. The van der Waals surface area contributed by atoms with E-state index in [0.29, 0.717) is 31.3 Å². The Labute approximate surface area is 147 Å². The minimum atomic E-state index is 0.315. The largest absolute Gasteiger partial charge is 0.491 e. The van der Waals surface area contributed by atoms with Crippen molar-refractivity contribution in [2.75, 3.05) is 39.5 Å². The first kappa shape index (κ1) is 19.2. The molecule has 3 atom stereocenters. The van der Waals surface area contributed by atoms with E-state index in [2.05, 4.69) is 56.9 Å². The van der Waals surface area contributed by atoms with Crippen molar-refractivity contribution in [3.05, 3.63) is 29.8 Å². The van der Waals surface area contributed by atoms with Crippen molar-refractivity contribution in [3.8, 4) is 5.75 Å². The predicted molar refractivity (Wildman–Crippen MR) is 97.9 cm³/mol. The van der Waals surface area contributed by atoms with E-state index in [1.807, 2.05) is 0 Å². The van der Waals surface area contributed by atoms with Crippen LogP contribution in [0.5, 0.6) is 5.75 Å². The zero-order valence-electron chi connectivity index (χ0n) is 15.7. The molecular formula is C20H33NO3. The molecule has 0 spiro atoms. The maximum absolute atomic E-state index is 5.74. The summed E-state index contributed by atoms with van der Waals surface area (Å²) < 4.78 is 17.2. The Morgan fingerprint density at radius 2 is 1.75 bits per heavy atom. The fourth-order valence-corrected chi connectivity index (χ4v) is 3.11. The Morgan fingerprint density at radius 1 is 1.08 bits per heavy atom. The van der Waals surface area contributed by atoms with Crippen LogP contribution in [0.4, 0.5) is 0 Å². The van der Waals surface area contributed by atoms with E-state index >= 15 is 0 Å². The van der Waals surface area contributed by atoms with Gasteiger partial charge in [0.05, 0.1) is 25.4 Å². The summed E-state index contributed by atoms with van der Waals surface area (Å²) in [5, 5.41) is 0. The standard InChI is InChI=1S/C20H33NO3/c1-5-16(2)19-6-8-20(9-7-19)23-13-12-22-11-10-21-14-17(3)24-18(4)15-21/h6-9,16-18H,5,10-15H2,1-4H3/t16-,17+,18+/m1/s1. The van der Waals surface area contributed by atoms with Gasteiger partial charge in [-0.05, 0) is 43.9 Å². The maximum Gasteiger partial charge on any atom is 0.119 e. The number of rotatable bonds is 9. The molecule has 0 saturated carbocycles. The normalized spacial score (nSPS) is 23.2. The van der Waals surface area contributed by atoms with Gasteiger partial charge in [0.25, 0.3) is 0 Å². The highest BCUT2D eigenvalue weighted by molar-refractivity contribution is 5.29. The molecule has 1 aliphatic heterocycles. The van der Waals surface area contributed by atoms with Crippen molar-refractivity contribution in [2.45, 2.75) is 52.2 Å². The van der Waals surface area contributed by atoms with E-state index in [9.17, 15) is 0 Å². The average molecular weight is 335 g/mol. The first-order chi connectivity index (χ1) is 11.6. The van der Waals surface area contributed by atoms with Crippen LogP contribution in [-0.4, -0.2) is 56.6 Å². The topological polar surface area (TPSA) is 30.9 Å². The monoisotopic (exact) mass is 335 g/mol. The van der Waals surface area contributed by atoms with Gasteiger partial charge in [-0.2, -0.15) is 0 Å². The molecule has 0 N–H and O–H groups in total.